The minimum atomic E-state index is -0.346. The molecule has 0 saturated heterocycles. The van der Waals surface area contributed by atoms with Crippen LogP contribution in [0.25, 0.3) is 0 Å². The molecule has 0 radical (unpaired) electrons. The van der Waals surface area contributed by atoms with Gasteiger partial charge in [-0.25, -0.2) is 0 Å². The summed E-state index contributed by atoms with van der Waals surface area (Å²) in [5.74, 6) is 0.421. The Bertz CT molecular complexity index is 379. The molecule has 1 amide bonds. The van der Waals surface area contributed by atoms with E-state index in [1.807, 2.05) is 31.2 Å². The van der Waals surface area contributed by atoms with Crippen molar-refractivity contribution in [2.75, 3.05) is 6.54 Å². The first kappa shape index (κ1) is 19.4. The molecule has 118 valence electrons. The number of aliphatic hydroxyl groups excluding tert-OH is 1. The summed E-state index contributed by atoms with van der Waals surface area (Å²) < 4.78 is 0. The van der Waals surface area contributed by atoms with Crippen LogP contribution in [-0.4, -0.2) is 23.7 Å². The molecule has 0 aromatic rings. The fourth-order valence-electron chi connectivity index (χ4n) is 1.38. The lowest BCUT2D eigenvalue weighted by atomic mass is 10.2. The SMILES string of the molecule is CCC(O)/C=C/C=C\CC/C=C/C=C/C(=O)NCC(C)C. The van der Waals surface area contributed by atoms with Gasteiger partial charge in [-0.3, -0.25) is 4.79 Å². The van der Waals surface area contributed by atoms with Crippen LogP contribution in [0, 0.1) is 5.92 Å². The van der Waals surface area contributed by atoms with Crippen molar-refractivity contribution in [2.45, 2.75) is 46.1 Å². The zero-order valence-electron chi connectivity index (χ0n) is 13.5. The van der Waals surface area contributed by atoms with E-state index in [9.17, 15) is 9.90 Å². The summed E-state index contributed by atoms with van der Waals surface area (Å²) in [4.78, 5) is 11.4. The Morgan fingerprint density at radius 3 is 2.29 bits per heavy atom. The van der Waals surface area contributed by atoms with Gasteiger partial charge in [0.2, 0.25) is 5.91 Å². The van der Waals surface area contributed by atoms with Gasteiger partial charge in [-0.05, 0) is 25.2 Å². The van der Waals surface area contributed by atoms with Gasteiger partial charge in [-0.2, -0.15) is 0 Å². The fourth-order valence-corrected chi connectivity index (χ4v) is 1.38. The minimum Gasteiger partial charge on any atom is -0.389 e. The molecular formula is C18H29NO2. The third-order valence-corrected chi connectivity index (χ3v) is 2.68. The maximum Gasteiger partial charge on any atom is 0.243 e. The molecule has 1 unspecified atom stereocenters. The van der Waals surface area contributed by atoms with Gasteiger partial charge in [0, 0.05) is 12.6 Å². The van der Waals surface area contributed by atoms with Crippen molar-refractivity contribution < 1.29 is 9.90 Å². The molecule has 2 N–H and O–H groups in total. The van der Waals surface area contributed by atoms with Crippen molar-refractivity contribution in [1.82, 2.24) is 5.32 Å². The molecule has 0 heterocycles. The molecule has 3 heteroatoms. The van der Waals surface area contributed by atoms with Crippen LogP contribution in [0.5, 0.6) is 0 Å². The number of nitrogens with one attached hydrogen (secondary N) is 1. The Kier molecular flexibility index (Phi) is 12.4. The number of carbonyl (C=O) groups excluding carboxylic acids is 1. The van der Waals surface area contributed by atoms with Crippen molar-refractivity contribution in [3.63, 3.8) is 0 Å². The number of aliphatic hydroxyl groups is 1. The van der Waals surface area contributed by atoms with Crippen molar-refractivity contribution >= 4 is 5.91 Å². The molecule has 0 aromatic carbocycles. The quantitative estimate of drug-likeness (QED) is 0.367. The van der Waals surface area contributed by atoms with E-state index in [2.05, 4.69) is 25.2 Å². The minimum absolute atomic E-state index is 0.0483. The Morgan fingerprint density at radius 2 is 1.71 bits per heavy atom. The fraction of sp³-hybridized carbons (Fsp3) is 0.500. The van der Waals surface area contributed by atoms with E-state index >= 15 is 0 Å². The molecule has 0 bridgehead atoms. The molecule has 0 aliphatic heterocycles. The summed E-state index contributed by atoms with van der Waals surface area (Å²) in [5, 5.41) is 12.1. The second-order valence-corrected chi connectivity index (χ2v) is 5.29. The van der Waals surface area contributed by atoms with E-state index in [1.54, 1.807) is 18.2 Å². The second kappa shape index (κ2) is 13.4. The molecular weight excluding hydrogens is 262 g/mol. The van der Waals surface area contributed by atoms with Crippen LogP contribution in [0.1, 0.15) is 40.0 Å². The normalized spacial score (nSPS) is 14.1. The molecule has 0 aromatic heterocycles. The standard InChI is InChI=1S/C18H29NO2/c1-4-17(20)13-11-9-7-5-6-8-10-12-14-18(21)19-15-16(2)3/h7-14,16-17,20H,4-6,15H2,1-3H3,(H,19,21)/b9-7-,10-8+,13-11+,14-12+. The predicted octanol–water partition coefficient (Wildman–Crippen LogP) is 3.53. The molecule has 3 nitrogen and oxygen atoms in total. The first-order valence-corrected chi connectivity index (χ1v) is 7.68. The first-order valence-electron chi connectivity index (χ1n) is 7.68. The summed E-state index contributed by atoms with van der Waals surface area (Å²) in [7, 11) is 0. The summed E-state index contributed by atoms with van der Waals surface area (Å²) in [6.45, 7) is 6.78. The van der Waals surface area contributed by atoms with E-state index in [0.717, 1.165) is 19.3 Å². The van der Waals surface area contributed by atoms with Crippen LogP contribution >= 0.6 is 0 Å². The average molecular weight is 291 g/mol. The smallest absolute Gasteiger partial charge is 0.243 e. The van der Waals surface area contributed by atoms with Crippen LogP contribution in [0.4, 0.5) is 0 Å². The van der Waals surface area contributed by atoms with Crippen LogP contribution in [0.2, 0.25) is 0 Å². The molecule has 0 spiro atoms. The van der Waals surface area contributed by atoms with Gasteiger partial charge in [0.1, 0.15) is 0 Å². The maximum atomic E-state index is 11.4. The number of allylic oxidation sites excluding steroid dienone is 6. The topological polar surface area (TPSA) is 49.3 Å². The van der Waals surface area contributed by atoms with Crippen LogP contribution < -0.4 is 5.32 Å². The van der Waals surface area contributed by atoms with E-state index in [0.29, 0.717) is 12.5 Å². The maximum absolute atomic E-state index is 11.4. The Labute approximate surface area is 129 Å². The van der Waals surface area contributed by atoms with E-state index < -0.39 is 0 Å². The van der Waals surface area contributed by atoms with Gasteiger partial charge in [0.15, 0.2) is 0 Å². The molecule has 0 aliphatic carbocycles. The number of amides is 1. The lowest BCUT2D eigenvalue weighted by molar-refractivity contribution is -0.116. The number of unbranched alkanes of at least 4 members (excludes halogenated alkanes) is 1. The van der Waals surface area contributed by atoms with E-state index in [-0.39, 0.29) is 12.0 Å². The predicted molar refractivity (Wildman–Crippen MR) is 89.9 cm³/mol. The van der Waals surface area contributed by atoms with Crippen LogP contribution in [0.15, 0.2) is 48.6 Å². The summed E-state index contributed by atoms with van der Waals surface area (Å²) in [6.07, 6.45) is 17.1. The largest absolute Gasteiger partial charge is 0.389 e. The second-order valence-electron chi connectivity index (χ2n) is 5.29. The average Bonchev–Trinajstić information content (AvgIpc) is 2.46. The monoisotopic (exact) mass is 291 g/mol. The Morgan fingerprint density at radius 1 is 1.10 bits per heavy atom. The van der Waals surface area contributed by atoms with Crippen molar-refractivity contribution in [3.8, 4) is 0 Å². The highest BCUT2D eigenvalue weighted by Gasteiger charge is 1.95. The molecule has 0 fully saturated rings. The van der Waals surface area contributed by atoms with Crippen molar-refractivity contribution in [3.05, 3.63) is 48.6 Å². The van der Waals surface area contributed by atoms with E-state index in [1.165, 1.54) is 0 Å². The molecule has 0 saturated carbocycles. The van der Waals surface area contributed by atoms with Crippen LogP contribution in [-0.2, 0) is 4.79 Å². The number of hydrogen-bond donors (Lipinski definition) is 2. The molecule has 0 aliphatic rings. The highest BCUT2D eigenvalue weighted by molar-refractivity contribution is 5.87. The van der Waals surface area contributed by atoms with Crippen LogP contribution in [0.3, 0.4) is 0 Å². The van der Waals surface area contributed by atoms with Gasteiger partial charge >= 0.3 is 0 Å². The first-order chi connectivity index (χ1) is 10.1. The van der Waals surface area contributed by atoms with E-state index in [4.69, 9.17) is 0 Å². The summed E-state index contributed by atoms with van der Waals surface area (Å²) >= 11 is 0. The van der Waals surface area contributed by atoms with Crippen molar-refractivity contribution in [2.24, 2.45) is 5.92 Å². The number of rotatable bonds is 10. The lowest BCUT2D eigenvalue weighted by Crippen LogP contribution is -2.25. The summed E-state index contributed by atoms with van der Waals surface area (Å²) in [5.41, 5.74) is 0. The van der Waals surface area contributed by atoms with Gasteiger partial charge < -0.3 is 10.4 Å². The number of carbonyl (C=O) groups is 1. The molecule has 21 heavy (non-hydrogen) atoms. The zero-order valence-corrected chi connectivity index (χ0v) is 13.5. The third-order valence-electron chi connectivity index (χ3n) is 2.68. The third kappa shape index (κ3) is 14.6. The lowest BCUT2D eigenvalue weighted by Gasteiger charge is -2.03. The zero-order chi connectivity index (χ0) is 15.9. The molecule has 1 atom stereocenters. The highest BCUT2D eigenvalue weighted by Crippen LogP contribution is 1.96. The highest BCUT2D eigenvalue weighted by atomic mass is 16.3. The Balaban J connectivity index is 3.71. The van der Waals surface area contributed by atoms with Gasteiger partial charge in [-0.15, -0.1) is 0 Å². The molecule has 0 rings (SSSR count). The van der Waals surface area contributed by atoms with Gasteiger partial charge in [0.05, 0.1) is 6.10 Å². The van der Waals surface area contributed by atoms with Gasteiger partial charge in [-0.1, -0.05) is 63.3 Å². The Hall–Kier alpha value is -1.61. The van der Waals surface area contributed by atoms with Crippen molar-refractivity contribution in [1.29, 1.82) is 0 Å². The number of hydrogen-bond acceptors (Lipinski definition) is 2. The summed E-state index contributed by atoms with van der Waals surface area (Å²) in [6, 6.07) is 0. The van der Waals surface area contributed by atoms with Gasteiger partial charge in [0.25, 0.3) is 0 Å².